The van der Waals surface area contributed by atoms with Crippen LogP contribution in [0.4, 0.5) is 0 Å². The van der Waals surface area contributed by atoms with Crippen molar-refractivity contribution in [3.8, 4) is 0 Å². The van der Waals surface area contributed by atoms with E-state index in [0.29, 0.717) is 5.41 Å². The van der Waals surface area contributed by atoms with Crippen LogP contribution in [-0.2, 0) is 4.74 Å². The van der Waals surface area contributed by atoms with E-state index in [1.165, 1.54) is 19.3 Å². The van der Waals surface area contributed by atoms with E-state index >= 15 is 0 Å². The Balaban J connectivity index is 2.19. The largest absolute Gasteiger partial charge is 0.381 e. The number of rotatable bonds is 0. The molecule has 0 bridgehead atoms. The van der Waals surface area contributed by atoms with Crippen molar-refractivity contribution in [3.05, 3.63) is 11.1 Å². The van der Waals surface area contributed by atoms with Crippen LogP contribution in [0.2, 0.25) is 0 Å². The molecule has 2 aliphatic rings. The van der Waals surface area contributed by atoms with Crippen LogP contribution in [0.3, 0.4) is 0 Å². The van der Waals surface area contributed by atoms with Gasteiger partial charge < -0.3 is 10.1 Å². The van der Waals surface area contributed by atoms with E-state index in [9.17, 15) is 0 Å². The summed E-state index contributed by atoms with van der Waals surface area (Å²) < 4.78 is 5.41. The highest BCUT2D eigenvalue weighted by atomic mass is 16.5. The first-order chi connectivity index (χ1) is 6.70. The number of piperidine rings is 1. The van der Waals surface area contributed by atoms with Gasteiger partial charge in [0.15, 0.2) is 0 Å². The van der Waals surface area contributed by atoms with Crippen molar-refractivity contribution in [1.29, 1.82) is 0 Å². The monoisotopic (exact) mass is 195 g/mol. The lowest BCUT2D eigenvalue weighted by molar-refractivity contribution is 0.117. The Morgan fingerprint density at radius 1 is 1.14 bits per heavy atom. The Bertz CT molecular complexity index is 235. The Labute approximate surface area is 86.7 Å². The van der Waals surface area contributed by atoms with Crippen LogP contribution in [0.1, 0.15) is 33.1 Å². The van der Waals surface area contributed by atoms with Gasteiger partial charge in [0, 0.05) is 6.54 Å². The minimum absolute atomic E-state index is 0.366. The Hall–Kier alpha value is -0.340. The molecule has 0 aliphatic carbocycles. The molecule has 0 amide bonds. The van der Waals surface area contributed by atoms with Crippen LogP contribution < -0.4 is 5.32 Å². The van der Waals surface area contributed by atoms with E-state index < -0.39 is 0 Å². The molecule has 2 saturated heterocycles. The average molecular weight is 195 g/mol. The fraction of sp³-hybridized carbons (Fsp3) is 0.833. The van der Waals surface area contributed by atoms with Crippen LogP contribution in [0.25, 0.3) is 0 Å². The lowest BCUT2D eigenvalue weighted by Crippen LogP contribution is -2.38. The summed E-state index contributed by atoms with van der Waals surface area (Å²) in [6.07, 6.45) is 3.57. The molecule has 0 aromatic rings. The molecule has 2 heteroatoms. The number of nitrogens with one attached hydrogen (secondary N) is 1. The zero-order valence-electron chi connectivity index (χ0n) is 9.36. The summed E-state index contributed by atoms with van der Waals surface area (Å²) in [4.78, 5) is 0. The molecule has 2 heterocycles. The molecular formula is C12H21NO. The first kappa shape index (κ1) is 10.2. The van der Waals surface area contributed by atoms with Crippen molar-refractivity contribution in [2.45, 2.75) is 33.1 Å². The summed E-state index contributed by atoms with van der Waals surface area (Å²) in [6.45, 7) is 8.87. The van der Waals surface area contributed by atoms with Gasteiger partial charge in [-0.1, -0.05) is 25.0 Å². The SMILES string of the molecule is CC1(C)CNCCC1=C1CCOCC1. The third-order valence-electron chi connectivity index (χ3n) is 3.46. The van der Waals surface area contributed by atoms with Crippen LogP contribution >= 0.6 is 0 Å². The van der Waals surface area contributed by atoms with Gasteiger partial charge in [-0.3, -0.25) is 0 Å². The van der Waals surface area contributed by atoms with Crippen molar-refractivity contribution in [2.24, 2.45) is 5.41 Å². The molecular weight excluding hydrogens is 174 g/mol. The third kappa shape index (κ3) is 2.01. The molecule has 0 aromatic heterocycles. The summed E-state index contributed by atoms with van der Waals surface area (Å²) in [5, 5.41) is 3.48. The molecule has 2 rings (SSSR count). The minimum atomic E-state index is 0.366. The van der Waals surface area contributed by atoms with Gasteiger partial charge in [-0.05, 0) is 31.2 Å². The van der Waals surface area contributed by atoms with Crippen molar-refractivity contribution >= 4 is 0 Å². The number of ether oxygens (including phenoxy) is 1. The Morgan fingerprint density at radius 3 is 2.50 bits per heavy atom. The molecule has 2 nitrogen and oxygen atoms in total. The third-order valence-corrected chi connectivity index (χ3v) is 3.46. The van der Waals surface area contributed by atoms with Crippen molar-refractivity contribution in [1.82, 2.24) is 5.32 Å². The smallest absolute Gasteiger partial charge is 0.0503 e. The Morgan fingerprint density at radius 2 is 1.86 bits per heavy atom. The van der Waals surface area contributed by atoms with Gasteiger partial charge in [-0.2, -0.15) is 0 Å². The van der Waals surface area contributed by atoms with Crippen molar-refractivity contribution in [2.75, 3.05) is 26.3 Å². The second-order valence-corrected chi connectivity index (χ2v) is 5.01. The second-order valence-electron chi connectivity index (χ2n) is 5.01. The molecule has 80 valence electrons. The molecule has 0 saturated carbocycles. The lowest BCUT2D eigenvalue weighted by Gasteiger charge is -2.36. The van der Waals surface area contributed by atoms with Gasteiger partial charge >= 0.3 is 0 Å². The van der Waals surface area contributed by atoms with E-state index in [1.54, 1.807) is 11.1 Å². The number of hydrogen-bond donors (Lipinski definition) is 1. The molecule has 2 aliphatic heterocycles. The first-order valence-corrected chi connectivity index (χ1v) is 5.70. The van der Waals surface area contributed by atoms with Gasteiger partial charge in [0.25, 0.3) is 0 Å². The van der Waals surface area contributed by atoms with Crippen LogP contribution in [0, 0.1) is 5.41 Å². The molecule has 2 fully saturated rings. The van der Waals surface area contributed by atoms with Crippen LogP contribution in [0.15, 0.2) is 11.1 Å². The van der Waals surface area contributed by atoms with Gasteiger partial charge in [0.1, 0.15) is 0 Å². The van der Waals surface area contributed by atoms with Crippen LogP contribution in [-0.4, -0.2) is 26.3 Å². The van der Waals surface area contributed by atoms with Gasteiger partial charge in [-0.15, -0.1) is 0 Å². The molecule has 0 aromatic carbocycles. The highest BCUT2D eigenvalue weighted by Gasteiger charge is 2.29. The zero-order chi connectivity index (χ0) is 10.0. The molecule has 0 radical (unpaired) electrons. The van der Waals surface area contributed by atoms with E-state index in [2.05, 4.69) is 19.2 Å². The summed E-state index contributed by atoms with van der Waals surface area (Å²) in [5.74, 6) is 0. The zero-order valence-corrected chi connectivity index (χ0v) is 9.36. The normalized spacial score (nSPS) is 27.9. The van der Waals surface area contributed by atoms with E-state index in [-0.39, 0.29) is 0 Å². The Kier molecular flexibility index (Phi) is 2.93. The quantitative estimate of drug-likeness (QED) is 0.598. The molecule has 0 atom stereocenters. The highest BCUT2D eigenvalue weighted by molar-refractivity contribution is 5.24. The maximum absolute atomic E-state index is 5.41. The highest BCUT2D eigenvalue weighted by Crippen LogP contribution is 2.36. The topological polar surface area (TPSA) is 21.3 Å². The molecule has 1 N–H and O–H groups in total. The summed E-state index contributed by atoms with van der Waals surface area (Å²) in [5.41, 5.74) is 3.76. The van der Waals surface area contributed by atoms with E-state index in [0.717, 1.165) is 26.3 Å². The summed E-state index contributed by atoms with van der Waals surface area (Å²) >= 11 is 0. The molecule has 14 heavy (non-hydrogen) atoms. The number of hydrogen-bond acceptors (Lipinski definition) is 2. The van der Waals surface area contributed by atoms with Crippen molar-refractivity contribution in [3.63, 3.8) is 0 Å². The average Bonchev–Trinajstić information content (AvgIpc) is 2.18. The lowest BCUT2D eigenvalue weighted by atomic mass is 9.76. The maximum Gasteiger partial charge on any atom is 0.0503 e. The van der Waals surface area contributed by atoms with Gasteiger partial charge in [0.2, 0.25) is 0 Å². The fourth-order valence-electron chi connectivity index (χ4n) is 2.63. The van der Waals surface area contributed by atoms with E-state index in [1.807, 2.05) is 0 Å². The molecule has 0 spiro atoms. The van der Waals surface area contributed by atoms with Gasteiger partial charge in [-0.25, -0.2) is 0 Å². The maximum atomic E-state index is 5.41. The first-order valence-electron chi connectivity index (χ1n) is 5.70. The summed E-state index contributed by atoms with van der Waals surface area (Å²) in [7, 11) is 0. The predicted molar refractivity (Wildman–Crippen MR) is 58.3 cm³/mol. The van der Waals surface area contributed by atoms with Gasteiger partial charge in [0.05, 0.1) is 13.2 Å². The van der Waals surface area contributed by atoms with Crippen molar-refractivity contribution < 1.29 is 4.74 Å². The predicted octanol–water partition coefficient (Wildman–Crippen LogP) is 2.11. The fourth-order valence-corrected chi connectivity index (χ4v) is 2.63. The minimum Gasteiger partial charge on any atom is -0.381 e. The molecule has 0 unspecified atom stereocenters. The second kappa shape index (κ2) is 4.03. The van der Waals surface area contributed by atoms with E-state index in [4.69, 9.17) is 4.74 Å². The van der Waals surface area contributed by atoms with Crippen LogP contribution in [0.5, 0.6) is 0 Å². The summed E-state index contributed by atoms with van der Waals surface area (Å²) in [6, 6.07) is 0. The standard InChI is InChI=1S/C12H21NO/c1-12(2)9-13-6-3-11(12)10-4-7-14-8-5-10/h13H,3-9H2,1-2H3.